The summed E-state index contributed by atoms with van der Waals surface area (Å²) in [5.41, 5.74) is 5.21. The first kappa shape index (κ1) is 19.9. The first-order chi connectivity index (χ1) is 11.9. The Kier molecular flexibility index (Phi) is 6.98. The fourth-order valence-electron chi connectivity index (χ4n) is 2.49. The first-order valence-corrected chi connectivity index (χ1v) is 10.2. The molecule has 0 aromatic heterocycles. The molecule has 0 spiro atoms. The Morgan fingerprint density at radius 2 is 1.92 bits per heavy atom. The van der Waals surface area contributed by atoms with Gasteiger partial charge in [0.15, 0.2) is 9.84 Å². The molecule has 1 aliphatic rings. The van der Waals surface area contributed by atoms with Gasteiger partial charge >= 0.3 is 0 Å². The van der Waals surface area contributed by atoms with E-state index in [1.165, 1.54) is 12.1 Å². The molecule has 3 N–H and O–H groups in total. The number of rotatable bonds is 11. The minimum Gasteiger partial charge on any atom is -0.489 e. The lowest BCUT2D eigenvalue weighted by molar-refractivity contribution is 0.136. The van der Waals surface area contributed by atoms with Gasteiger partial charge in [-0.15, -0.1) is 0 Å². The highest BCUT2D eigenvalue weighted by Gasteiger charge is 2.39. The topological polar surface area (TPSA) is 89.6 Å². The second-order valence-electron chi connectivity index (χ2n) is 6.59. The van der Waals surface area contributed by atoms with Crippen molar-refractivity contribution >= 4 is 9.84 Å². The summed E-state index contributed by atoms with van der Waals surface area (Å²) in [7, 11) is -3.33. The number of halogens is 1. The van der Waals surface area contributed by atoms with Crippen LogP contribution in [-0.4, -0.2) is 38.0 Å². The Morgan fingerprint density at radius 1 is 1.24 bits per heavy atom. The third-order valence-corrected chi connectivity index (χ3v) is 6.22. The van der Waals surface area contributed by atoms with E-state index in [-0.39, 0.29) is 23.8 Å². The summed E-state index contributed by atoms with van der Waals surface area (Å²) in [6, 6.07) is 6.11. The largest absolute Gasteiger partial charge is 0.489 e. The number of ether oxygens (including phenoxy) is 1. The van der Waals surface area contributed by atoms with Gasteiger partial charge in [-0.25, -0.2) is 12.8 Å². The van der Waals surface area contributed by atoms with Gasteiger partial charge < -0.3 is 15.6 Å². The number of sulfone groups is 1. The number of hydrogen-bond donors (Lipinski definition) is 2. The summed E-state index contributed by atoms with van der Waals surface area (Å²) < 4.78 is 42.4. The first-order valence-electron chi connectivity index (χ1n) is 8.55. The van der Waals surface area contributed by atoms with E-state index in [0.717, 1.165) is 32.1 Å². The van der Waals surface area contributed by atoms with Crippen molar-refractivity contribution in [3.63, 3.8) is 0 Å². The fraction of sp³-hybridized carbons (Fsp3) is 0.556. The van der Waals surface area contributed by atoms with Crippen LogP contribution in [0.4, 0.5) is 4.39 Å². The van der Waals surface area contributed by atoms with Crippen molar-refractivity contribution in [2.75, 3.05) is 18.9 Å². The van der Waals surface area contributed by atoms with Crippen molar-refractivity contribution in [1.29, 1.82) is 0 Å². The predicted octanol–water partition coefficient (Wildman–Crippen LogP) is 2.74. The minimum atomic E-state index is -3.33. The van der Waals surface area contributed by atoms with Gasteiger partial charge in [-0.3, -0.25) is 0 Å². The molecule has 0 heterocycles. The standard InChI is InChI=1S/C18H26FNO4S/c19-12-15(13-20)14-24-16-4-6-17(7-5-16)25(22,23)11-3-1-2-8-18(21)9-10-18/h4-7,12,21H,1-3,8-11,13-14,20H2/b15-12+. The Hall–Kier alpha value is -1.44. The van der Waals surface area contributed by atoms with Crippen LogP contribution in [0.2, 0.25) is 0 Å². The van der Waals surface area contributed by atoms with E-state index in [2.05, 4.69) is 0 Å². The Morgan fingerprint density at radius 3 is 2.48 bits per heavy atom. The fourth-order valence-corrected chi connectivity index (χ4v) is 3.86. The SMILES string of the molecule is NC/C(=C\F)COc1ccc(S(=O)(=O)CCCCCC2(O)CC2)cc1. The summed E-state index contributed by atoms with van der Waals surface area (Å²) in [5, 5.41) is 9.74. The molecule has 1 saturated carbocycles. The van der Waals surface area contributed by atoms with Gasteiger partial charge in [0.05, 0.1) is 22.6 Å². The minimum absolute atomic E-state index is 0.0332. The quantitative estimate of drug-likeness (QED) is 0.584. The zero-order valence-electron chi connectivity index (χ0n) is 14.3. The lowest BCUT2D eigenvalue weighted by Gasteiger charge is -2.09. The van der Waals surface area contributed by atoms with Crippen LogP contribution in [0.15, 0.2) is 41.1 Å². The molecule has 0 saturated heterocycles. The molecule has 1 fully saturated rings. The van der Waals surface area contributed by atoms with Crippen LogP contribution in [0.25, 0.3) is 0 Å². The molecule has 0 radical (unpaired) electrons. The van der Waals surface area contributed by atoms with Crippen molar-refractivity contribution in [3.8, 4) is 5.75 Å². The average Bonchev–Trinajstić information content (AvgIpc) is 3.33. The van der Waals surface area contributed by atoms with E-state index in [1.807, 2.05) is 0 Å². The normalized spacial score (nSPS) is 16.7. The highest BCUT2D eigenvalue weighted by atomic mass is 32.2. The Bertz CT molecular complexity index is 682. The van der Waals surface area contributed by atoms with Gasteiger partial charge in [0.25, 0.3) is 0 Å². The Balaban J connectivity index is 1.78. The van der Waals surface area contributed by atoms with E-state index in [4.69, 9.17) is 10.5 Å². The van der Waals surface area contributed by atoms with Gasteiger partial charge in [0.2, 0.25) is 0 Å². The van der Waals surface area contributed by atoms with Crippen molar-refractivity contribution in [1.82, 2.24) is 0 Å². The van der Waals surface area contributed by atoms with E-state index < -0.39 is 15.4 Å². The van der Waals surface area contributed by atoms with E-state index in [9.17, 15) is 17.9 Å². The van der Waals surface area contributed by atoms with Crippen LogP contribution in [0, 0.1) is 0 Å². The van der Waals surface area contributed by atoms with Crippen LogP contribution in [0.3, 0.4) is 0 Å². The molecular weight excluding hydrogens is 345 g/mol. The molecule has 140 valence electrons. The molecule has 0 bridgehead atoms. The predicted molar refractivity (Wildman–Crippen MR) is 94.9 cm³/mol. The molecular formula is C18H26FNO4S. The molecule has 2 rings (SSSR count). The van der Waals surface area contributed by atoms with Crippen molar-refractivity contribution in [2.45, 2.75) is 49.0 Å². The summed E-state index contributed by atoms with van der Waals surface area (Å²) in [5.74, 6) is 0.553. The second kappa shape index (κ2) is 8.78. The van der Waals surface area contributed by atoms with Crippen LogP contribution < -0.4 is 10.5 Å². The highest BCUT2D eigenvalue weighted by molar-refractivity contribution is 7.91. The monoisotopic (exact) mass is 371 g/mol. The second-order valence-corrected chi connectivity index (χ2v) is 8.69. The molecule has 25 heavy (non-hydrogen) atoms. The summed E-state index contributed by atoms with van der Waals surface area (Å²) in [6.07, 6.45) is 5.14. The molecule has 0 atom stereocenters. The lowest BCUT2D eigenvalue weighted by Crippen LogP contribution is -2.11. The molecule has 0 aliphatic heterocycles. The lowest BCUT2D eigenvalue weighted by atomic mass is 10.1. The number of unbranched alkanes of at least 4 members (excludes halogenated alkanes) is 2. The summed E-state index contributed by atoms with van der Waals surface area (Å²) in [4.78, 5) is 0.251. The Labute approximate surface area is 148 Å². The van der Waals surface area contributed by atoms with Crippen LogP contribution in [0.1, 0.15) is 38.5 Å². The molecule has 5 nitrogen and oxygen atoms in total. The molecule has 1 aromatic rings. The average molecular weight is 371 g/mol. The highest BCUT2D eigenvalue weighted by Crippen LogP contribution is 2.39. The molecule has 0 amide bonds. The van der Waals surface area contributed by atoms with Gasteiger partial charge in [0.1, 0.15) is 12.4 Å². The molecule has 7 heteroatoms. The van der Waals surface area contributed by atoms with Gasteiger partial charge in [-0.05, 0) is 49.9 Å². The van der Waals surface area contributed by atoms with Gasteiger partial charge in [-0.2, -0.15) is 0 Å². The third-order valence-electron chi connectivity index (χ3n) is 4.41. The molecule has 0 unspecified atom stereocenters. The summed E-state index contributed by atoms with van der Waals surface area (Å²) in [6.45, 7) is 0.103. The summed E-state index contributed by atoms with van der Waals surface area (Å²) >= 11 is 0. The van der Waals surface area contributed by atoms with Crippen LogP contribution in [0.5, 0.6) is 5.75 Å². The van der Waals surface area contributed by atoms with Crippen molar-refractivity contribution < 1.29 is 22.7 Å². The number of nitrogens with two attached hydrogens (primary N) is 1. The maximum atomic E-state index is 12.4. The molecule has 1 aromatic carbocycles. The van der Waals surface area contributed by atoms with Crippen LogP contribution >= 0.6 is 0 Å². The zero-order valence-corrected chi connectivity index (χ0v) is 15.1. The smallest absolute Gasteiger partial charge is 0.178 e. The molecule has 1 aliphatic carbocycles. The van der Waals surface area contributed by atoms with E-state index >= 15 is 0 Å². The number of hydrogen-bond acceptors (Lipinski definition) is 5. The van der Waals surface area contributed by atoms with Gasteiger partial charge in [-0.1, -0.05) is 12.8 Å². The van der Waals surface area contributed by atoms with Crippen LogP contribution in [-0.2, 0) is 9.84 Å². The van der Waals surface area contributed by atoms with E-state index in [1.54, 1.807) is 12.1 Å². The zero-order chi connectivity index (χ0) is 18.3. The maximum Gasteiger partial charge on any atom is 0.178 e. The third kappa shape index (κ3) is 6.41. The van der Waals surface area contributed by atoms with Gasteiger partial charge in [0, 0.05) is 12.1 Å². The maximum absolute atomic E-state index is 12.4. The van der Waals surface area contributed by atoms with E-state index in [0.29, 0.717) is 24.1 Å². The van der Waals surface area contributed by atoms with Crippen molar-refractivity contribution in [3.05, 3.63) is 36.2 Å². The number of benzene rings is 1. The van der Waals surface area contributed by atoms with Crippen molar-refractivity contribution in [2.24, 2.45) is 5.73 Å². The number of aliphatic hydroxyl groups is 1.